The second-order valence-electron chi connectivity index (χ2n) is 6.81. The topological polar surface area (TPSA) is 66.5 Å². The smallest absolute Gasteiger partial charge is 0.255 e. The third-order valence-electron chi connectivity index (χ3n) is 4.57. The first-order chi connectivity index (χ1) is 14.1. The maximum atomic E-state index is 13.1. The molecule has 0 radical (unpaired) electrons. The van der Waals surface area contributed by atoms with Crippen LogP contribution in [0.25, 0.3) is 0 Å². The van der Waals surface area contributed by atoms with Gasteiger partial charge in [-0.25, -0.2) is 12.8 Å². The van der Waals surface area contributed by atoms with Crippen molar-refractivity contribution in [2.75, 3.05) is 15.9 Å². The van der Waals surface area contributed by atoms with Gasteiger partial charge in [0.25, 0.3) is 5.91 Å². The molecule has 0 atom stereocenters. The van der Waals surface area contributed by atoms with Gasteiger partial charge in [-0.1, -0.05) is 29.8 Å². The van der Waals surface area contributed by atoms with Crippen molar-refractivity contribution in [2.24, 2.45) is 0 Å². The molecule has 0 saturated heterocycles. The van der Waals surface area contributed by atoms with Crippen molar-refractivity contribution in [3.05, 3.63) is 94.3 Å². The molecule has 0 aliphatic carbocycles. The molecule has 3 aromatic rings. The number of carbonyl (C=O) groups excluding carboxylic acids is 1. The number of halogens is 2. The third-order valence-corrected chi connectivity index (χ3v) is 6.12. The fourth-order valence-corrected chi connectivity index (χ4v) is 3.93. The molecule has 0 aliphatic rings. The largest absolute Gasteiger partial charge is 0.322 e. The van der Waals surface area contributed by atoms with E-state index in [4.69, 9.17) is 11.6 Å². The van der Waals surface area contributed by atoms with Crippen LogP contribution in [-0.4, -0.2) is 20.6 Å². The van der Waals surface area contributed by atoms with Gasteiger partial charge < -0.3 is 5.32 Å². The maximum absolute atomic E-state index is 13.1. The summed E-state index contributed by atoms with van der Waals surface area (Å²) in [5.41, 5.74) is 2.77. The molecular weight excluding hydrogens is 427 g/mol. The molecule has 0 aromatic heterocycles. The van der Waals surface area contributed by atoms with Crippen LogP contribution in [0.15, 0.2) is 66.7 Å². The zero-order valence-corrected chi connectivity index (χ0v) is 18.0. The predicted octanol–water partition coefficient (Wildman–Crippen LogP) is 5.01. The standard InChI is InChI=1S/C22H20ClFN2O3S/c1-15-20(23)4-3-5-21(15)25-22(27)17-8-12-19(13-9-17)26(30(2,28)29)14-16-6-10-18(24)11-7-16/h3-13H,14H2,1-2H3,(H,25,27). The molecular formula is C22H20ClFN2O3S. The van der Waals surface area contributed by atoms with Gasteiger partial charge in [-0.3, -0.25) is 9.10 Å². The minimum Gasteiger partial charge on any atom is -0.322 e. The number of sulfonamides is 1. The monoisotopic (exact) mass is 446 g/mol. The van der Waals surface area contributed by atoms with Crippen LogP contribution in [0.3, 0.4) is 0 Å². The molecule has 1 N–H and O–H groups in total. The van der Waals surface area contributed by atoms with Crippen molar-refractivity contribution in [1.82, 2.24) is 0 Å². The van der Waals surface area contributed by atoms with Crippen LogP contribution in [0.2, 0.25) is 5.02 Å². The van der Waals surface area contributed by atoms with Crippen molar-refractivity contribution in [3.8, 4) is 0 Å². The summed E-state index contributed by atoms with van der Waals surface area (Å²) >= 11 is 6.08. The summed E-state index contributed by atoms with van der Waals surface area (Å²) in [5.74, 6) is -0.730. The molecule has 0 bridgehead atoms. The first-order valence-electron chi connectivity index (χ1n) is 9.04. The summed E-state index contributed by atoms with van der Waals surface area (Å²) in [6, 6.07) is 17.1. The molecule has 0 heterocycles. The highest BCUT2D eigenvalue weighted by Gasteiger charge is 2.19. The second-order valence-corrected chi connectivity index (χ2v) is 9.12. The molecule has 5 nitrogen and oxygen atoms in total. The Bertz CT molecular complexity index is 1160. The number of benzene rings is 3. The Kier molecular flexibility index (Phi) is 6.43. The van der Waals surface area contributed by atoms with Gasteiger partial charge in [-0.2, -0.15) is 0 Å². The lowest BCUT2D eigenvalue weighted by Gasteiger charge is -2.23. The SMILES string of the molecule is Cc1c(Cl)cccc1NC(=O)c1ccc(N(Cc2ccc(F)cc2)S(C)(=O)=O)cc1. The zero-order valence-electron chi connectivity index (χ0n) is 16.4. The number of nitrogens with zero attached hydrogens (tertiary/aromatic N) is 1. The summed E-state index contributed by atoms with van der Waals surface area (Å²) in [6.07, 6.45) is 1.10. The van der Waals surface area contributed by atoms with E-state index in [1.54, 1.807) is 49.4 Å². The van der Waals surface area contributed by atoms with E-state index >= 15 is 0 Å². The van der Waals surface area contributed by atoms with Crippen LogP contribution >= 0.6 is 11.6 Å². The average Bonchev–Trinajstić information content (AvgIpc) is 2.70. The molecule has 3 rings (SSSR count). The fraction of sp³-hybridized carbons (Fsp3) is 0.136. The summed E-state index contributed by atoms with van der Waals surface area (Å²) < 4.78 is 38.9. The van der Waals surface area contributed by atoms with E-state index < -0.39 is 15.8 Å². The summed E-state index contributed by atoms with van der Waals surface area (Å²) in [7, 11) is -3.59. The van der Waals surface area contributed by atoms with Crippen molar-refractivity contribution < 1.29 is 17.6 Å². The van der Waals surface area contributed by atoms with E-state index in [1.807, 2.05) is 0 Å². The normalized spacial score (nSPS) is 11.2. The molecule has 0 unspecified atom stereocenters. The molecule has 30 heavy (non-hydrogen) atoms. The van der Waals surface area contributed by atoms with Gasteiger partial charge in [-0.05, 0) is 66.6 Å². The van der Waals surface area contributed by atoms with Gasteiger partial charge in [0.1, 0.15) is 5.82 Å². The van der Waals surface area contributed by atoms with Gasteiger partial charge >= 0.3 is 0 Å². The maximum Gasteiger partial charge on any atom is 0.255 e. The summed E-state index contributed by atoms with van der Waals surface area (Å²) in [5, 5.41) is 3.35. The lowest BCUT2D eigenvalue weighted by molar-refractivity contribution is 0.102. The van der Waals surface area contributed by atoms with Crippen LogP contribution in [0.4, 0.5) is 15.8 Å². The van der Waals surface area contributed by atoms with E-state index in [9.17, 15) is 17.6 Å². The molecule has 0 fully saturated rings. The molecule has 0 saturated carbocycles. The molecule has 156 valence electrons. The Hall–Kier alpha value is -2.90. The van der Waals surface area contributed by atoms with Gasteiger partial charge in [0, 0.05) is 16.3 Å². The number of nitrogens with one attached hydrogen (secondary N) is 1. The van der Waals surface area contributed by atoms with Gasteiger partial charge in [0.2, 0.25) is 10.0 Å². The number of carbonyl (C=O) groups is 1. The van der Waals surface area contributed by atoms with Gasteiger partial charge in [0.15, 0.2) is 0 Å². The molecule has 1 amide bonds. The average molecular weight is 447 g/mol. The summed E-state index contributed by atoms with van der Waals surface area (Å²) in [4.78, 5) is 12.6. The Balaban J connectivity index is 1.81. The first kappa shape index (κ1) is 21.8. The van der Waals surface area contributed by atoms with Crippen LogP contribution in [0.1, 0.15) is 21.5 Å². The van der Waals surface area contributed by atoms with Crippen molar-refractivity contribution >= 4 is 38.9 Å². The Morgan fingerprint density at radius 1 is 1.03 bits per heavy atom. The van der Waals surface area contributed by atoms with Crippen LogP contribution in [0.5, 0.6) is 0 Å². The number of amides is 1. The zero-order chi connectivity index (χ0) is 21.9. The van der Waals surface area contributed by atoms with Gasteiger partial charge in [-0.15, -0.1) is 0 Å². The van der Waals surface area contributed by atoms with Gasteiger partial charge in [0.05, 0.1) is 18.5 Å². The highest BCUT2D eigenvalue weighted by Crippen LogP contribution is 2.25. The molecule has 3 aromatic carbocycles. The third kappa shape index (κ3) is 5.17. The number of anilines is 2. The van der Waals surface area contributed by atoms with Crippen LogP contribution in [-0.2, 0) is 16.6 Å². The number of hydrogen-bond donors (Lipinski definition) is 1. The highest BCUT2D eigenvalue weighted by atomic mass is 35.5. The Morgan fingerprint density at radius 2 is 1.67 bits per heavy atom. The summed E-state index contributed by atoms with van der Waals surface area (Å²) in [6.45, 7) is 1.85. The quantitative estimate of drug-likeness (QED) is 0.579. The first-order valence-corrected chi connectivity index (χ1v) is 11.3. The van der Waals surface area contributed by atoms with E-state index in [-0.39, 0.29) is 12.5 Å². The van der Waals surface area contributed by atoms with E-state index in [1.165, 1.54) is 28.6 Å². The minimum absolute atomic E-state index is 0.0480. The van der Waals surface area contributed by atoms with E-state index in [0.29, 0.717) is 27.5 Å². The van der Waals surface area contributed by atoms with Crippen molar-refractivity contribution in [3.63, 3.8) is 0 Å². The van der Waals surface area contributed by atoms with Crippen LogP contribution in [0, 0.1) is 12.7 Å². The fourth-order valence-electron chi connectivity index (χ4n) is 2.87. The molecule has 0 aliphatic heterocycles. The van der Waals surface area contributed by atoms with Crippen molar-refractivity contribution in [2.45, 2.75) is 13.5 Å². The van der Waals surface area contributed by atoms with Crippen molar-refractivity contribution in [1.29, 1.82) is 0 Å². The van der Waals surface area contributed by atoms with E-state index in [2.05, 4.69) is 5.32 Å². The lowest BCUT2D eigenvalue weighted by atomic mass is 10.1. The minimum atomic E-state index is -3.59. The second kappa shape index (κ2) is 8.85. The lowest BCUT2D eigenvalue weighted by Crippen LogP contribution is -2.29. The van der Waals surface area contributed by atoms with Crippen LogP contribution < -0.4 is 9.62 Å². The number of hydrogen-bond acceptors (Lipinski definition) is 3. The van der Waals surface area contributed by atoms with E-state index in [0.717, 1.165) is 11.8 Å². The predicted molar refractivity (Wildman–Crippen MR) is 118 cm³/mol. The Morgan fingerprint density at radius 3 is 2.27 bits per heavy atom. The highest BCUT2D eigenvalue weighted by molar-refractivity contribution is 7.92. The molecule has 8 heteroatoms. The number of rotatable bonds is 6. The molecule has 0 spiro atoms. The Labute approximate surface area is 180 Å².